The molecule has 0 saturated carbocycles. The lowest BCUT2D eigenvalue weighted by Crippen LogP contribution is -2.04. The standard InChI is InChI=1S/C13H8ClF3N4/c14-10-2-1-3-11-19-20-12(21(10)11)18-9-6-4-8(5-7-9)13(15,16)17/h1-7H,(H,18,20). The van der Waals surface area contributed by atoms with Crippen LogP contribution in [0.3, 0.4) is 0 Å². The average molecular weight is 313 g/mol. The molecular formula is C13H8ClF3N4. The number of benzene rings is 1. The zero-order chi connectivity index (χ0) is 15.0. The van der Waals surface area contributed by atoms with Crippen LogP contribution in [0.15, 0.2) is 42.5 Å². The van der Waals surface area contributed by atoms with Crippen LogP contribution in [0.25, 0.3) is 5.65 Å². The van der Waals surface area contributed by atoms with Gasteiger partial charge in [0, 0.05) is 5.69 Å². The molecule has 0 atom stereocenters. The van der Waals surface area contributed by atoms with Crippen LogP contribution in [0.5, 0.6) is 0 Å². The highest BCUT2D eigenvalue weighted by molar-refractivity contribution is 6.29. The Morgan fingerprint density at radius 2 is 1.71 bits per heavy atom. The second-order valence-corrected chi connectivity index (χ2v) is 4.65. The molecule has 0 amide bonds. The largest absolute Gasteiger partial charge is 0.416 e. The van der Waals surface area contributed by atoms with Crippen LogP contribution in [0.4, 0.5) is 24.8 Å². The zero-order valence-corrected chi connectivity index (χ0v) is 11.2. The normalized spacial score (nSPS) is 11.8. The van der Waals surface area contributed by atoms with Crippen molar-refractivity contribution in [2.45, 2.75) is 6.18 Å². The summed E-state index contributed by atoms with van der Waals surface area (Å²) in [7, 11) is 0. The Labute approximate surface area is 122 Å². The molecule has 0 fully saturated rings. The summed E-state index contributed by atoms with van der Waals surface area (Å²) in [5, 5.41) is 11.1. The maximum Gasteiger partial charge on any atom is 0.416 e. The van der Waals surface area contributed by atoms with Crippen molar-refractivity contribution in [3.8, 4) is 0 Å². The Balaban J connectivity index is 1.92. The first-order valence-corrected chi connectivity index (χ1v) is 6.27. The predicted molar refractivity (Wildman–Crippen MR) is 72.7 cm³/mol. The zero-order valence-electron chi connectivity index (χ0n) is 10.4. The van der Waals surface area contributed by atoms with Crippen LogP contribution >= 0.6 is 11.6 Å². The molecule has 108 valence electrons. The summed E-state index contributed by atoms with van der Waals surface area (Å²) in [6, 6.07) is 9.74. The van der Waals surface area contributed by atoms with Crippen LogP contribution < -0.4 is 5.32 Å². The number of anilines is 2. The topological polar surface area (TPSA) is 42.2 Å². The van der Waals surface area contributed by atoms with Crippen molar-refractivity contribution in [2.24, 2.45) is 0 Å². The number of rotatable bonds is 2. The molecule has 0 aliphatic rings. The molecule has 2 aromatic heterocycles. The summed E-state index contributed by atoms with van der Waals surface area (Å²) in [6.45, 7) is 0. The van der Waals surface area contributed by atoms with Gasteiger partial charge in [0.2, 0.25) is 5.95 Å². The smallest absolute Gasteiger partial charge is 0.324 e. The summed E-state index contributed by atoms with van der Waals surface area (Å²) in [5.41, 5.74) is 0.284. The van der Waals surface area contributed by atoms with Gasteiger partial charge in [-0.05, 0) is 36.4 Å². The second kappa shape index (κ2) is 4.92. The molecule has 0 aliphatic heterocycles. The van der Waals surface area contributed by atoms with Crippen molar-refractivity contribution in [1.29, 1.82) is 0 Å². The minimum Gasteiger partial charge on any atom is -0.324 e. The van der Waals surface area contributed by atoms with Gasteiger partial charge >= 0.3 is 6.18 Å². The van der Waals surface area contributed by atoms with Crippen molar-refractivity contribution in [2.75, 3.05) is 5.32 Å². The fraction of sp³-hybridized carbons (Fsp3) is 0.0769. The first-order valence-electron chi connectivity index (χ1n) is 5.89. The molecule has 8 heteroatoms. The molecule has 3 aromatic rings. The molecule has 1 N–H and O–H groups in total. The van der Waals surface area contributed by atoms with E-state index in [4.69, 9.17) is 11.6 Å². The molecular weight excluding hydrogens is 305 g/mol. The van der Waals surface area contributed by atoms with Gasteiger partial charge in [0.25, 0.3) is 0 Å². The molecule has 0 spiro atoms. The molecule has 1 aromatic carbocycles. The van der Waals surface area contributed by atoms with Crippen LogP contribution in [-0.2, 0) is 6.18 Å². The van der Waals surface area contributed by atoms with Crippen molar-refractivity contribution < 1.29 is 13.2 Å². The fourth-order valence-corrected chi connectivity index (χ4v) is 2.10. The number of fused-ring (bicyclic) bond motifs is 1. The SMILES string of the molecule is FC(F)(F)c1ccc(Nc2nnc3cccc(Cl)n23)cc1. The van der Waals surface area contributed by atoms with Crippen molar-refractivity contribution in [3.63, 3.8) is 0 Å². The number of hydrogen-bond acceptors (Lipinski definition) is 3. The number of nitrogens with one attached hydrogen (secondary N) is 1. The van der Waals surface area contributed by atoms with Gasteiger partial charge in [-0.1, -0.05) is 17.7 Å². The summed E-state index contributed by atoms with van der Waals surface area (Å²) in [5.74, 6) is 0.329. The van der Waals surface area contributed by atoms with Crippen LogP contribution in [-0.4, -0.2) is 14.6 Å². The maximum absolute atomic E-state index is 12.5. The van der Waals surface area contributed by atoms with Gasteiger partial charge in [-0.15, -0.1) is 10.2 Å². The number of halogens is 4. The fourth-order valence-electron chi connectivity index (χ4n) is 1.86. The molecule has 0 aliphatic carbocycles. The Hall–Kier alpha value is -2.28. The Kier molecular flexibility index (Phi) is 3.21. The van der Waals surface area contributed by atoms with Crippen molar-refractivity contribution >= 4 is 28.9 Å². The molecule has 3 rings (SSSR count). The summed E-state index contributed by atoms with van der Waals surface area (Å²) in [6.07, 6.45) is -4.36. The van der Waals surface area contributed by atoms with Gasteiger partial charge in [-0.2, -0.15) is 13.2 Å². The third-order valence-electron chi connectivity index (χ3n) is 2.85. The van der Waals surface area contributed by atoms with E-state index >= 15 is 0 Å². The van der Waals surface area contributed by atoms with Gasteiger partial charge in [0.15, 0.2) is 5.65 Å². The van der Waals surface area contributed by atoms with Crippen LogP contribution in [0, 0.1) is 0 Å². The van der Waals surface area contributed by atoms with Gasteiger partial charge in [-0.25, -0.2) is 0 Å². The van der Waals surface area contributed by atoms with Gasteiger partial charge in [-0.3, -0.25) is 4.40 Å². The van der Waals surface area contributed by atoms with Crippen LogP contribution in [0.2, 0.25) is 5.15 Å². The Bertz CT molecular complexity index is 780. The maximum atomic E-state index is 12.5. The van der Waals surface area contributed by atoms with Crippen LogP contribution in [0.1, 0.15) is 5.56 Å². The average Bonchev–Trinajstić information content (AvgIpc) is 2.83. The number of nitrogens with zero attached hydrogens (tertiary/aromatic N) is 3. The van der Waals surface area contributed by atoms with Gasteiger partial charge in [0.1, 0.15) is 5.15 Å². The van der Waals surface area contributed by atoms with Gasteiger partial charge < -0.3 is 5.32 Å². The molecule has 0 bridgehead atoms. The highest BCUT2D eigenvalue weighted by Crippen LogP contribution is 2.30. The highest BCUT2D eigenvalue weighted by atomic mass is 35.5. The molecule has 0 unspecified atom stereocenters. The lowest BCUT2D eigenvalue weighted by atomic mass is 10.2. The molecule has 0 saturated heterocycles. The quantitative estimate of drug-likeness (QED) is 0.723. The minimum atomic E-state index is -4.36. The first kappa shape index (κ1) is 13.7. The monoisotopic (exact) mass is 312 g/mol. The van der Waals surface area contributed by atoms with E-state index in [1.165, 1.54) is 12.1 Å². The lowest BCUT2D eigenvalue weighted by molar-refractivity contribution is -0.137. The molecule has 0 radical (unpaired) electrons. The van der Waals surface area contributed by atoms with E-state index in [0.717, 1.165) is 12.1 Å². The Morgan fingerprint density at radius 3 is 2.38 bits per heavy atom. The van der Waals surface area contributed by atoms with E-state index in [-0.39, 0.29) is 0 Å². The Morgan fingerprint density at radius 1 is 1.00 bits per heavy atom. The number of alkyl halides is 3. The molecule has 21 heavy (non-hydrogen) atoms. The van der Waals surface area contributed by atoms with E-state index in [9.17, 15) is 13.2 Å². The summed E-state index contributed by atoms with van der Waals surface area (Å²) in [4.78, 5) is 0. The number of pyridine rings is 1. The summed E-state index contributed by atoms with van der Waals surface area (Å²) >= 11 is 6.05. The number of aromatic nitrogens is 3. The van der Waals surface area contributed by atoms with E-state index in [1.807, 2.05) is 0 Å². The van der Waals surface area contributed by atoms with E-state index < -0.39 is 11.7 Å². The number of hydrogen-bond donors (Lipinski definition) is 1. The van der Waals surface area contributed by atoms with Crippen molar-refractivity contribution in [1.82, 2.24) is 14.6 Å². The highest BCUT2D eigenvalue weighted by Gasteiger charge is 2.29. The summed E-state index contributed by atoms with van der Waals surface area (Å²) < 4.78 is 39.0. The third kappa shape index (κ3) is 2.64. The van der Waals surface area contributed by atoms with Gasteiger partial charge in [0.05, 0.1) is 5.56 Å². The van der Waals surface area contributed by atoms with E-state index in [2.05, 4.69) is 15.5 Å². The first-order chi connectivity index (χ1) is 9.95. The predicted octanol–water partition coefficient (Wildman–Crippen LogP) is 4.15. The van der Waals surface area contributed by atoms with E-state index in [1.54, 1.807) is 22.6 Å². The van der Waals surface area contributed by atoms with Crippen molar-refractivity contribution in [3.05, 3.63) is 53.2 Å². The second-order valence-electron chi connectivity index (χ2n) is 4.27. The van der Waals surface area contributed by atoms with E-state index in [0.29, 0.717) is 22.4 Å². The molecule has 2 heterocycles. The molecule has 4 nitrogen and oxygen atoms in total. The third-order valence-corrected chi connectivity index (χ3v) is 3.14. The minimum absolute atomic E-state index is 0.329. The lowest BCUT2D eigenvalue weighted by Gasteiger charge is -2.08.